The van der Waals surface area contributed by atoms with Crippen LogP contribution in [0.25, 0.3) is 67.2 Å². The van der Waals surface area contributed by atoms with Gasteiger partial charge in [-0.25, -0.2) is 15.0 Å². The van der Waals surface area contributed by atoms with E-state index in [9.17, 15) is 0 Å². The van der Waals surface area contributed by atoms with Gasteiger partial charge in [0.1, 0.15) is 11.2 Å². The molecule has 0 unspecified atom stereocenters. The molecule has 0 bridgehead atoms. The molecule has 0 atom stereocenters. The van der Waals surface area contributed by atoms with Gasteiger partial charge in [-0.2, -0.15) is 0 Å². The van der Waals surface area contributed by atoms with Crippen molar-refractivity contribution in [2.24, 2.45) is 0 Å². The van der Waals surface area contributed by atoms with Crippen molar-refractivity contribution in [3.8, 4) is 45.3 Å². The third-order valence-corrected chi connectivity index (χ3v) is 13.0. The van der Waals surface area contributed by atoms with Gasteiger partial charge in [0.2, 0.25) is 0 Å². The topological polar surface area (TPSA) is 51.8 Å². The van der Waals surface area contributed by atoms with Crippen LogP contribution in [0, 0.1) is 0 Å². The number of para-hydroxylation sites is 1. The van der Waals surface area contributed by atoms with E-state index in [2.05, 4.69) is 188 Å². The van der Waals surface area contributed by atoms with E-state index < -0.39 is 10.8 Å². The number of rotatable bonds is 7. The Morgan fingerprint density at radius 2 is 0.746 bits per heavy atom. The minimum atomic E-state index is -0.808. The fraction of sp³-hybridized carbons (Fsp3) is 0.0339. The summed E-state index contributed by atoms with van der Waals surface area (Å²) in [5.74, 6) is 1.77. The van der Waals surface area contributed by atoms with Crippen LogP contribution in [0.3, 0.4) is 0 Å². The normalized spacial score (nSPS) is 13.7. The quantitative estimate of drug-likeness (QED) is 0.161. The molecule has 0 fully saturated rings. The van der Waals surface area contributed by atoms with Crippen molar-refractivity contribution in [2.75, 3.05) is 0 Å². The number of hydrogen-bond donors (Lipinski definition) is 0. The molecule has 9 aromatic carbocycles. The second-order valence-corrected chi connectivity index (χ2v) is 16.2. The van der Waals surface area contributed by atoms with Crippen molar-refractivity contribution >= 4 is 21.9 Å². The molecule has 296 valence electrons. The maximum atomic E-state index is 6.36. The van der Waals surface area contributed by atoms with Crippen molar-refractivity contribution < 1.29 is 4.42 Å². The van der Waals surface area contributed by atoms with Crippen LogP contribution in [0.5, 0.6) is 0 Å². The lowest BCUT2D eigenvalue weighted by Gasteiger charge is -2.57. The van der Waals surface area contributed by atoms with Gasteiger partial charge in [0.15, 0.2) is 17.5 Å². The Morgan fingerprint density at radius 3 is 1.37 bits per heavy atom. The van der Waals surface area contributed by atoms with Crippen molar-refractivity contribution in [1.29, 1.82) is 0 Å². The van der Waals surface area contributed by atoms with E-state index in [0.717, 1.165) is 49.8 Å². The van der Waals surface area contributed by atoms with Gasteiger partial charge < -0.3 is 4.42 Å². The maximum absolute atomic E-state index is 6.36. The summed E-state index contributed by atoms with van der Waals surface area (Å²) < 4.78 is 6.36. The number of fused-ring (bicyclic) bond motifs is 6. The van der Waals surface area contributed by atoms with Crippen molar-refractivity contribution in [3.63, 3.8) is 0 Å². The van der Waals surface area contributed by atoms with Gasteiger partial charge in [-0.05, 0) is 62.7 Å². The first-order valence-electron chi connectivity index (χ1n) is 21.4. The summed E-state index contributed by atoms with van der Waals surface area (Å²) in [5.41, 5.74) is 12.2. The van der Waals surface area contributed by atoms with Crippen LogP contribution >= 0.6 is 0 Å². The minimum absolute atomic E-state index is 0.583. The van der Waals surface area contributed by atoms with Crippen LogP contribution in [-0.4, -0.2) is 15.0 Å². The maximum Gasteiger partial charge on any atom is 0.164 e. The van der Waals surface area contributed by atoms with Gasteiger partial charge in [0, 0.05) is 27.5 Å². The summed E-state index contributed by atoms with van der Waals surface area (Å²) in [6.45, 7) is 0. The van der Waals surface area contributed by atoms with E-state index in [-0.39, 0.29) is 0 Å². The molecule has 63 heavy (non-hydrogen) atoms. The van der Waals surface area contributed by atoms with Crippen LogP contribution in [0.4, 0.5) is 0 Å². The number of hydrogen-bond acceptors (Lipinski definition) is 4. The van der Waals surface area contributed by atoms with Crippen molar-refractivity contribution in [3.05, 3.63) is 270 Å². The van der Waals surface area contributed by atoms with Gasteiger partial charge in [-0.15, -0.1) is 0 Å². The van der Waals surface area contributed by atoms with E-state index in [1.54, 1.807) is 0 Å². The van der Waals surface area contributed by atoms with Crippen LogP contribution in [0.15, 0.2) is 241 Å². The third kappa shape index (κ3) is 5.51. The molecule has 2 heterocycles. The summed E-state index contributed by atoms with van der Waals surface area (Å²) in [7, 11) is 0. The molecule has 11 aromatic rings. The zero-order valence-corrected chi connectivity index (χ0v) is 34.3. The molecule has 1 aliphatic carbocycles. The first kappa shape index (κ1) is 36.6. The molecule has 0 N–H and O–H groups in total. The van der Waals surface area contributed by atoms with Crippen LogP contribution in [0.1, 0.15) is 33.4 Å². The number of aromatic nitrogens is 3. The summed E-state index contributed by atoms with van der Waals surface area (Å²) in [5, 5.41) is 2.00. The average Bonchev–Trinajstić information content (AvgIpc) is 3.76. The SMILES string of the molecule is c1ccc(-c2nc(-c3ccc4c(c3)C(c3ccccc3)(c3ccccc3)C(c3ccccc3)(c3ccccc3)c3ccccc3-4)nc(-c3cccc4oc5ccccc5c34)n2)cc1. The predicted molar refractivity (Wildman–Crippen MR) is 254 cm³/mol. The Kier molecular flexibility index (Phi) is 8.58. The minimum Gasteiger partial charge on any atom is -0.456 e. The second-order valence-electron chi connectivity index (χ2n) is 16.2. The van der Waals surface area contributed by atoms with E-state index in [1.165, 1.54) is 33.4 Å². The fourth-order valence-electron chi connectivity index (χ4n) is 10.6. The molecule has 0 amide bonds. The molecule has 1 aliphatic rings. The molecular formula is C59H39N3O. The molecular weight excluding hydrogens is 767 g/mol. The van der Waals surface area contributed by atoms with Crippen molar-refractivity contribution in [1.82, 2.24) is 15.0 Å². The van der Waals surface area contributed by atoms with E-state index >= 15 is 0 Å². The largest absolute Gasteiger partial charge is 0.456 e. The van der Waals surface area contributed by atoms with E-state index in [4.69, 9.17) is 19.4 Å². The molecule has 2 aromatic heterocycles. The highest BCUT2D eigenvalue weighted by atomic mass is 16.3. The first-order valence-corrected chi connectivity index (χ1v) is 21.4. The highest BCUT2D eigenvalue weighted by Crippen LogP contribution is 2.65. The summed E-state index contributed by atoms with van der Waals surface area (Å²) in [6, 6.07) is 84.7. The lowest BCUT2D eigenvalue weighted by Crippen LogP contribution is -2.54. The summed E-state index contributed by atoms with van der Waals surface area (Å²) in [6.07, 6.45) is 0. The zero-order valence-electron chi connectivity index (χ0n) is 34.3. The first-order chi connectivity index (χ1) is 31.2. The molecule has 0 spiro atoms. The molecule has 0 saturated carbocycles. The van der Waals surface area contributed by atoms with Gasteiger partial charge in [-0.1, -0.05) is 218 Å². The second kappa shape index (κ2) is 14.8. The molecule has 12 rings (SSSR count). The highest BCUT2D eigenvalue weighted by molar-refractivity contribution is 6.11. The predicted octanol–water partition coefficient (Wildman–Crippen LogP) is 14.1. The Balaban J connectivity index is 1.22. The Labute approximate surface area is 365 Å². The monoisotopic (exact) mass is 805 g/mol. The number of benzene rings is 9. The lowest BCUT2D eigenvalue weighted by atomic mass is 9.43. The highest BCUT2D eigenvalue weighted by Gasteiger charge is 2.61. The lowest BCUT2D eigenvalue weighted by molar-refractivity contribution is 0.415. The Morgan fingerprint density at radius 1 is 0.302 bits per heavy atom. The third-order valence-electron chi connectivity index (χ3n) is 13.0. The van der Waals surface area contributed by atoms with Gasteiger partial charge >= 0.3 is 0 Å². The van der Waals surface area contributed by atoms with Crippen LogP contribution in [-0.2, 0) is 10.8 Å². The number of furan rings is 1. The fourth-order valence-corrected chi connectivity index (χ4v) is 10.6. The Hall–Kier alpha value is -8.21. The van der Waals surface area contributed by atoms with Crippen molar-refractivity contribution in [2.45, 2.75) is 10.8 Å². The summed E-state index contributed by atoms with van der Waals surface area (Å²) >= 11 is 0. The Bertz CT molecular complexity index is 3360. The average molecular weight is 806 g/mol. The zero-order chi connectivity index (χ0) is 41.8. The van der Waals surface area contributed by atoms with Gasteiger partial charge in [-0.3, -0.25) is 0 Å². The molecule has 0 aliphatic heterocycles. The van der Waals surface area contributed by atoms with Crippen LogP contribution in [0.2, 0.25) is 0 Å². The molecule has 4 heteroatoms. The molecule has 4 nitrogen and oxygen atoms in total. The van der Waals surface area contributed by atoms with Gasteiger partial charge in [0.05, 0.1) is 10.8 Å². The smallest absolute Gasteiger partial charge is 0.164 e. The van der Waals surface area contributed by atoms with Crippen LogP contribution < -0.4 is 0 Å². The molecule has 0 saturated heterocycles. The summed E-state index contributed by atoms with van der Waals surface area (Å²) in [4.78, 5) is 15.9. The standard InChI is InChI=1S/C59H39N3O/c1-6-21-40(22-7-1)55-60-56(62-57(61-55)49-33-20-36-53-54(49)48-32-17-19-35-52(48)63-53)41-37-38-47-46-31-16-18-34-50(46)58(42-23-8-2-9-24-42,43-25-10-3-11-26-43)59(51(47)39-41,44-27-12-4-13-28-44)45-29-14-5-15-30-45/h1-39H. The van der Waals surface area contributed by atoms with E-state index in [1.807, 2.05) is 48.5 Å². The van der Waals surface area contributed by atoms with Gasteiger partial charge in [0.25, 0.3) is 0 Å². The number of nitrogens with zero attached hydrogens (tertiary/aromatic N) is 3. The molecule has 0 radical (unpaired) electrons. The van der Waals surface area contributed by atoms with E-state index in [0.29, 0.717) is 17.5 Å².